The third-order valence-electron chi connectivity index (χ3n) is 4.98. The number of methoxy groups -OCH3 is 1. The van der Waals surface area contributed by atoms with Crippen molar-refractivity contribution < 1.29 is 9.53 Å². The van der Waals surface area contributed by atoms with Gasteiger partial charge in [-0.1, -0.05) is 30.3 Å². The topological polar surface area (TPSA) is 57.2 Å². The minimum Gasteiger partial charge on any atom is -0.465 e. The Bertz CT molecular complexity index is 788. The van der Waals surface area contributed by atoms with E-state index in [9.17, 15) is 4.79 Å². The number of esters is 1. The zero-order valence-electron chi connectivity index (χ0n) is 17.0. The number of ether oxygens (including phenoxy) is 1. The van der Waals surface area contributed by atoms with E-state index in [0.29, 0.717) is 5.56 Å². The van der Waals surface area contributed by atoms with Crippen molar-refractivity contribution in [3.05, 3.63) is 65.7 Å². The molecule has 0 atom stereocenters. The molecule has 1 N–H and O–H groups in total. The van der Waals surface area contributed by atoms with E-state index in [0.717, 1.165) is 45.1 Å². The number of carbonyl (C=O) groups is 1. The second-order valence-corrected chi connectivity index (χ2v) is 6.72. The van der Waals surface area contributed by atoms with Gasteiger partial charge in [0.05, 0.1) is 12.7 Å². The van der Waals surface area contributed by atoms with E-state index in [4.69, 9.17) is 4.74 Å². The van der Waals surface area contributed by atoms with Gasteiger partial charge in [-0.05, 0) is 36.2 Å². The molecular weight excluding hydrogens is 479 g/mol. The SMILES string of the molecule is CN=C(NCCc1ccc(C(=O)OC)cc1)N1CCN(c2ccccc2)CC1.I. The van der Waals surface area contributed by atoms with Gasteiger partial charge < -0.3 is 19.9 Å². The average molecular weight is 508 g/mol. The molecule has 0 spiro atoms. The number of piperazine rings is 1. The number of carbonyl (C=O) groups excluding carboxylic acids is 1. The van der Waals surface area contributed by atoms with Crippen molar-refractivity contribution in [1.29, 1.82) is 0 Å². The zero-order chi connectivity index (χ0) is 19.8. The molecule has 1 heterocycles. The maximum Gasteiger partial charge on any atom is 0.337 e. The highest BCUT2D eigenvalue weighted by Gasteiger charge is 2.19. The van der Waals surface area contributed by atoms with E-state index in [1.807, 2.05) is 19.2 Å². The van der Waals surface area contributed by atoms with Crippen molar-refractivity contribution in [2.24, 2.45) is 4.99 Å². The molecule has 0 unspecified atom stereocenters. The number of nitrogens with zero attached hydrogens (tertiary/aromatic N) is 3. The predicted octanol–water partition coefficient (Wildman–Crippen LogP) is 3.03. The summed E-state index contributed by atoms with van der Waals surface area (Å²) in [4.78, 5) is 20.7. The molecule has 2 aromatic carbocycles. The number of aliphatic imine (C=N–C) groups is 1. The van der Waals surface area contributed by atoms with E-state index in [2.05, 4.69) is 50.4 Å². The minimum atomic E-state index is -0.306. The first-order valence-electron chi connectivity index (χ1n) is 9.64. The van der Waals surface area contributed by atoms with Crippen LogP contribution in [0.5, 0.6) is 0 Å². The van der Waals surface area contributed by atoms with E-state index < -0.39 is 0 Å². The van der Waals surface area contributed by atoms with Crippen LogP contribution < -0.4 is 10.2 Å². The van der Waals surface area contributed by atoms with Gasteiger partial charge >= 0.3 is 5.97 Å². The van der Waals surface area contributed by atoms with Crippen molar-refractivity contribution in [3.8, 4) is 0 Å². The first-order valence-corrected chi connectivity index (χ1v) is 9.64. The summed E-state index contributed by atoms with van der Waals surface area (Å²) >= 11 is 0. The number of para-hydroxylation sites is 1. The fourth-order valence-corrected chi connectivity index (χ4v) is 3.39. The van der Waals surface area contributed by atoms with Crippen molar-refractivity contribution in [1.82, 2.24) is 10.2 Å². The van der Waals surface area contributed by atoms with E-state index >= 15 is 0 Å². The molecule has 3 rings (SSSR count). The summed E-state index contributed by atoms with van der Waals surface area (Å²) in [7, 11) is 3.22. The standard InChI is InChI=1S/C22H28N4O2.HI/c1-23-22(24-13-12-18-8-10-19(11-9-18)21(27)28-2)26-16-14-25(15-17-26)20-6-4-3-5-7-20;/h3-11H,12-17H2,1-2H3,(H,23,24);1H. The van der Waals surface area contributed by atoms with Gasteiger partial charge in [-0.15, -0.1) is 24.0 Å². The maximum absolute atomic E-state index is 11.5. The second-order valence-electron chi connectivity index (χ2n) is 6.72. The normalized spacial score (nSPS) is 14.2. The van der Waals surface area contributed by atoms with Crippen LogP contribution >= 0.6 is 24.0 Å². The number of halogens is 1. The fourth-order valence-electron chi connectivity index (χ4n) is 3.39. The van der Waals surface area contributed by atoms with Gasteiger partial charge in [-0.3, -0.25) is 4.99 Å². The number of benzene rings is 2. The van der Waals surface area contributed by atoms with Crippen molar-refractivity contribution in [2.45, 2.75) is 6.42 Å². The first-order chi connectivity index (χ1) is 13.7. The number of hydrogen-bond acceptors (Lipinski definition) is 4. The minimum absolute atomic E-state index is 0. The quantitative estimate of drug-likeness (QED) is 0.291. The molecule has 0 radical (unpaired) electrons. The van der Waals surface area contributed by atoms with Crippen molar-refractivity contribution >= 4 is 41.6 Å². The number of hydrogen-bond donors (Lipinski definition) is 1. The van der Waals surface area contributed by atoms with Gasteiger partial charge in [0.1, 0.15) is 0 Å². The lowest BCUT2D eigenvalue weighted by molar-refractivity contribution is 0.0600. The average Bonchev–Trinajstić information content (AvgIpc) is 2.77. The third-order valence-corrected chi connectivity index (χ3v) is 4.98. The summed E-state index contributed by atoms with van der Waals surface area (Å²) < 4.78 is 4.73. The molecule has 29 heavy (non-hydrogen) atoms. The van der Waals surface area contributed by atoms with Crippen LogP contribution in [0.3, 0.4) is 0 Å². The summed E-state index contributed by atoms with van der Waals surface area (Å²) in [6.45, 7) is 4.66. The van der Waals surface area contributed by atoms with Crippen LogP contribution in [0.1, 0.15) is 15.9 Å². The van der Waals surface area contributed by atoms with Crippen LogP contribution in [0, 0.1) is 0 Å². The van der Waals surface area contributed by atoms with Gasteiger partial charge in [0, 0.05) is 45.5 Å². The van der Waals surface area contributed by atoms with E-state index in [1.165, 1.54) is 18.4 Å². The Morgan fingerprint density at radius 3 is 2.28 bits per heavy atom. The molecule has 0 aliphatic carbocycles. The van der Waals surface area contributed by atoms with Gasteiger partial charge in [0.2, 0.25) is 0 Å². The van der Waals surface area contributed by atoms with Crippen LogP contribution in [-0.4, -0.2) is 63.7 Å². The molecule has 1 saturated heterocycles. The molecule has 1 aliphatic heterocycles. The Hall–Kier alpha value is -2.29. The van der Waals surface area contributed by atoms with Crippen LogP contribution in [0.25, 0.3) is 0 Å². The zero-order valence-corrected chi connectivity index (χ0v) is 19.3. The highest BCUT2D eigenvalue weighted by Crippen LogP contribution is 2.15. The van der Waals surface area contributed by atoms with E-state index in [-0.39, 0.29) is 29.9 Å². The van der Waals surface area contributed by atoms with Gasteiger partial charge in [-0.2, -0.15) is 0 Å². The van der Waals surface area contributed by atoms with E-state index in [1.54, 1.807) is 12.1 Å². The fraction of sp³-hybridized carbons (Fsp3) is 0.364. The molecule has 1 fully saturated rings. The summed E-state index contributed by atoms with van der Waals surface area (Å²) in [5.74, 6) is 0.638. The molecule has 6 nitrogen and oxygen atoms in total. The lowest BCUT2D eigenvalue weighted by Gasteiger charge is -2.37. The van der Waals surface area contributed by atoms with Gasteiger partial charge in [0.25, 0.3) is 0 Å². The summed E-state index contributed by atoms with van der Waals surface area (Å²) in [6.07, 6.45) is 0.866. The molecule has 0 amide bonds. The second kappa shape index (κ2) is 11.6. The Balaban J connectivity index is 0.00000300. The van der Waals surface area contributed by atoms with Crippen molar-refractivity contribution in [3.63, 3.8) is 0 Å². The van der Waals surface area contributed by atoms with Crippen LogP contribution in [0.2, 0.25) is 0 Å². The number of guanidine groups is 1. The monoisotopic (exact) mass is 508 g/mol. The molecule has 1 aliphatic rings. The molecule has 0 saturated carbocycles. The van der Waals surface area contributed by atoms with Gasteiger partial charge in [-0.25, -0.2) is 4.79 Å². The molecule has 2 aromatic rings. The highest BCUT2D eigenvalue weighted by atomic mass is 127. The predicted molar refractivity (Wildman–Crippen MR) is 128 cm³/mol. The van der Waals surface area contributed by atoms with Gasteiger partial charge in [0.15, 0.2) is 5.96 Å². The Morgan fingerprint density at radius 1 is 1.03 bits per heavy atom. The molecule has 7 heteroatoms. The Morgan fingerprint density at radius 2 is 1.69 bits per heavy atom. The molecule has 0 bridgehead atoms. The highest BCUT2D eigenvalue weighted by molar-refractivity contribution is 14.0. The Kier molecular flexibility index (Phi) is 9.24. The Labute approximate surface area is 190 Å². The van der Waals surface area contributed by atoms with Crippen LogP contribution in [0.15, 0.2) is 59.6 Å². The largest absolute Gasteiger partial charge is 0.465 e. The lowest BCUT2D eigenvalue weighted by Crippen LogP contribution is -2.52. The van der Waals surface area contributed by atoms with Crippen LogP contribution in [-0.2, 0) is 11.2 Å². The van der Waals surface area contributed by atoms with Crippen molar-refractivity contribution in [2.75, 3.05) is 51.8 Å². The number of rotatable bonds is 5. The lowest BCUT2D eigenvalue weighted by atomic mass is 10.1. The number of nitrogens with one attached hydrogen (secondary N) is 1. The first kappa shape index (κ1) is 23.0. The molecule has 156 valence electrons. The number of anilines is 1. The maximum atomic E-state index is 11.5. The van der Waals surface area contributed by atoms with Crippen LogP contribution in [0.4, 0.5) is 5.69 Å². The summed E-state index contributed by atoms with van der Waals surface area (Å²) in [6, 6.07) is 18.1. The summed E-state index contributed by atoms with van der Waals surface area (Å²) in [5.41, 5.74) is 3.02. The summed E-state index contributed by atoms with van der Waals surface area (Å²) in [5, 5.41) is 3.46. The third kappa shape index (κ3) is 6.35. The molecule has 0 aromatic heterocycles. The molecular formula is C22H29IN4O2. The smallest absolute Gasteiger partial charge is 0.337 e.